The molecule has 2 atom stereocenters. The number of phenolic OH excluding ortho intramolecular Hbond substituents is 1. The number of rotatable bonds is 7. The number of aliphatic hydroxyl groups excluding tert-OH is 1. The number of nitrogens with zero attached hydrogens (tertiary/aromatic N) is 3. The van der Waals surface area contributed by atoms with Gasteiger partial charge in [-0.2, -0.15) is 0 Å². The number of aromatic hydroxyl groups is 1. The van der Waals surface area contributed by atoms with Gasteiger partial charge in [-0.05, 0) is 43.2 Å². The number of imidazole rings is 1. The van der Waals surface area contributed by atoms with Crippen molar-refractivity contribution in [1.82, 2.24) is 9.66 Å². The van der Waals surface area contributed by atoms with Crippen LogP contribution < -0.4 is 9.75 Å². The Hall–Kier alpha value is -2.73. The molecule has 6 heteroatoms. The largest absolute Gasteiger partial charge is 0.504 e. The van der Waals surface area contributed by atoms with Crippen molar-refractivity contribution in [2.24, 2.45) is 0 Å². The van der Waals surface area contributed by atoms with Crippen molar-refractivity contribution in [2.45, 2.75) is 32.4 Å². The van der Waals surface area contributed by atoms with Crippen LogP contribution in [-0.2, 0) is 0 Å². The topological polar surface area (TPSA) is 70.8 Å². The molecule has 26 heavy (non-hydrogen) atoms. The van der Waals surface area contributed by atoms with E-state index in [4.69, 9.17) is 4.74 Å². The van der Waals surface area contributed by atoms with Crippen molar-refractivity contribution >= 4 is 11.0 Å². The minimum absolute atomic E-state index is 0.0582. The number of para-hydroxylation sites is 2. The average molecular weight is 355 g/mol. The van der Waals surface area contributed by atoms with E-state index in [1.54, 1.807) is 18.5 Å². The van der Waals surface area contributed by atoms with Crippen LogP contribution >= 0.6 is 0 Å². The molecule has 0 aliphatic carbocycles. The van der Waals surface area contributed by atoms with E-state index in [1.165, 1.54) is 13.2 Å². The summed E-state index contributed by atoms with van der Waals surface area (Å²) in [6.45, 7) is 4.63. The monoisotopic (exact) mass is 355 g/mol. The van der Waals surface area contributed by atoms with Gasteiger partial charge in [0, 0.05) is 6.04 Å². The van der Waals surface area contributed by atoms with Crippen LogP contribution in [0.25, 0.3) is 11.0 Å². The predicted octanol–water partition coefficient (Wildman–Crippen LogP) is 3.22. The fraction of sp³-hybridized carbons (Fsp3) is 0.350. The molecule has 0 fully saturated rings. The summed E-state index contributed by atoms with van der Waals surface area (Å²) in [5, 5.41) is 22.7. The highest BCUT2D eigenvalue weighted by atomic mass is 16.5. The lowest BCUT2D eigenvalue weighted by atomic mass is 10.1. The van der Waals surface area contributed by atoms with Crippen molar-refractivity contribution in [3.8, 4) is 11.5 Å². The molecule has 3 aromatic rings. The van der Waals surface area contributed by atoms with Crippen molar-refractivity contribution < 1.29 is 14.9 Å². The molecule has 0 saturated heterocycles. The molecular weight excluding hydrogens is 330 g/mol. The summed E-state index contributed by atoms with van der Waals surface area (Å²) in [5.41, 5.74) is 2.61. The lowest BCUT2D eigenvalue weighted by Gasteiger charge is -2.33. The van der Waals surface area contributed by atoms with Crippen LogP contribution in [0, 0.1) is 0 Å². The van der Waals surface area contributed by atoms with Crippen molar-refractivity contribution in [1.29, 1.82) is 0 Å². The van der Waals surface area contributed by atoms with E-state index in [0.717, 1.165) is 17.5 Å². The lowest BCUT2D eigenvalue weighted by molar-refractivity contribution is 0.171. The summed E-state index contributed by atoms with van der Waals surface area (Å²) < 4.78 is 7.15. The van der Waals surface area contributed by atoms with Crippen LogP contribution in [0.5, 0.6) is 11.5 Å². The maximum Gasteiger partial charge on any atom is 0.160 e. The van der Waals surface area contributed by atoms with Gasteiger partial charge in [0.15, 0.2) is 11.5 Å². The fourth-order valence-corrected chi connectivity index (χ4v) is 3.03. The highest BCUT2D eigenvalue weighted by Crippen LogP contribution is 2.29. The highest BCUT2D eigenvalue weighted by molar-refractivity contribution is 5.75. The van der Waals surface area contributed by atoms with Gasteiger partial charge in [-0.1, -0.05) is 25.1 Å². The van der Waals surface area contributed by atoms with Gasteiger partial charge in [-0.25, -0.2) is 9.66 Å². The Kier molecular flexibility index (Phi) is 5.32. The molecule has 0 amide bonds. The fourth-order valence-electron chi connectivity index (χ4n) is 3.03. The van der Waals surface area contributed by atoms with Gasteiger partial charge >= 0.3 is 0 Å². The zero-order chi connectivity index (χ0) is 18.7. The third-order valence-electron chi connectivity index (χ3n) is 4.76. The third-order valence-corrected chi connectivity index (χ3v) is 4.76. The zero-order valence-corrected chi connectivity index (χ0v) is 15.3. The second-order valence-corrected chi connectivity index (χ2v) is 6.40. The standard InChI is InChI=1S/C20H25N3O3/c1-4-14(2)22(23-13-21-16-7-5-6-8-17(16)23)12-19(25)15-9-10-18(24)20(11-15)26-3/h5-11,13-14,19,24-25H,4,12H2,1-3H3. The van der Waals surface area contributed by atoms with E-state index in [2.05, 4.69) is 23.8 Å². The number of aliphatic hydroxyl groups is 1. The molecule has 0 aliphatic rings. The maximum absolute atomic E-state index is 10.8. The third kappa shape index (κ3) is 3.46. The predicted molar refractivity (Wildman–Crippen MR) is 102 cm³/mol. The van der Waals surface area contributed by atoms with E-state index in [9.17, 15) is 10.2 Å². The average Bonchev–Trinajstić information content (AvgIpc) is 3.09. The van der Waals surface area contributed by atoms with Crippen LogP contribution in [0.15, 0.2) is 48.8 Å². The molecule has 0 aliphatic heterocycles. The minimum Gasteiger partial charge on any atom is -0.504 e. The molecule has 0 radical (unpaired) electrons. The van der Waals surface area contributed by atoms with Crippen molar-refractivity contribution in [2.75, 3.05) is 18.7 Å². The van der Waals surface area contributed by atoms with E-state index >= 15 is 0 Å². The Morgan fingerprint density at radius 1 is 1.23 bits per heavy atom. The Morgan fingerprint density at radius 2 is 2.00 bits per heavy atom. The summed E-state index contributed by atoms with van der Waals surface area (Å²) in [4.78, 5) is 4.46. The molecule has 0 spiro atoms. The number of aromatic nitrogens is 2. The van der Waals surface area contributed by atoms with E-state index in [0.29, 0.717) is 17.9 Å². The summed E-state index contributed by atoms with van der Waals surface area (Å²) in [6.07, 6.45) is 1.98. The number of methoxy groups -OCH3 is 1. The molecule has 2 N–H and O–H groups in total. The molecule has 1 aromatic heterocycles. The normalized spacial score (nSPS) is 13.5. The van der Waals surface area contributed by atoms with Gasteiger partial charge in [0.05, 0.1) is 30.8 Å². The van der Waals surface area contributed by atoms with Gasteiger partial charge in [0.1, 0.15) is 6.33 Å². The van der Waals surface area contributed by atoms with Crippen LogP contribution in [0.3, 0.4) is 0 Å². The van der Waals surface area contributed by atoms with E-state index in [1.807, 2.05) is 28.9 Å². The van der Waals surface area contributed by atoms with Crippen LogP contribution in [0.4, 0.5) is 0 Å². The summed E-state index contributed by atoms with van der Waals surface area (Å²) in [5.74, 6) is 0.410. The van der Waals surface area contributed by atoms with E-state index in [-0.39, 0.29) is 11.8 Å². The number of benzene rings is 2. The zero-order valence-electron chi connectivity index (χ0n) is 15.3. The Morgan fingerprint density at radius 3 is 2.73 bits per heavy atom. The second kappa shape index (κ2) is 7.66. The SMILES string of the molecule is CCC(C)N(CC(O)c1ccc(O)c(OC)c1)n1cnc2ccccc21. The minimum atomic E-state index is -0.736. The molecule has 0 bridgehead atoms. The van der Waals surface area contributed by atoms with Gasteiger partial charge in [-0.15, -0.1) is 0 Å². The summed E-state index contributed by atoms with van der Waals surface area (Å²) in [6, 6.07) is 13.1. The smallest absolute Gasteiger partial charge is 0.160 e. The molecule has 138 valence electrons. The van der Waals surface area contributed by atoms with Gasteiger partial charge < -0.3 is 20.0 Å². The first-order valence-corrected chi connectivity index (χ1v) is 8.79. The van der Waals surface area contributed by atoms with Crippen LogP contribution in [0.1, 0.15) is 31.9 Å². The van der Waals surface area contributed by atoms with E-state index < -0.39 is 6.10 Å². The van der Waals surface area contributed by atoms with Gasteiger partial charge in [-0.3, -0.25) is 0 Å². The van der Waals surface area contributed by atoms with Crippen molar-refractivity contribution in [3.05, 3.63) is 54.4 Å². The molecule has 2 unspecified atom stereocenters. The molecule has 2 aromatic carbocycles. The summed E-state index contributed by atoms with van der Waals surface area (Å²) in [7, 11) is 1.49. The van der Waals surface area contributed by atoms with Crippen LogP contribution in [-0.4, -0.2) is 39.6 Å². The molecule has 3 rings (SSSR count). The van der Waals surface area contributed by atoms with Gasteiger partial charge in [0.2, 0.25) is 0 Å². The maximum atomic E-state index is 10.8. The Balaban J connectivity index is 1.92. The quantitative estimate of drug-likeness (QED) is 0.681. The lowest BCUT2D eigenvalue weighted by Crippen LogP contribution is -2.44. The van der Waals surface area contributed by atoms with Crippen molar-refractivity contribution in [3.63, 3.8) is 0 Å². The number of ether oxygens (including phenoxy) is 1. The molecule has 0 saturated carbocycles. The first-order chi connectivity index (χ1) is 12.5. The van der Waals surface area contributed by atoms with Gasteiger partial charge in [0.25, 0.3) is 0 Å². The molecular formula is C20H25N3O3. The highest BCUT2D eigenvalue weighted by Gasteiger charge is 2.21. The Labute approximate surface area is 153 Å². The second-order valence-electron chi connectivity index (χ2n) is 6.40. The number of fused-ring (bicyclic) bond motifs is 1. The first kappa shape index (κ1) is 18.1. The molecule has 1 heterocycles. The van der Waals surface area contributed by atoms with Crippen LogP contribution in [0.2, 0.25) is 0 Å². The molecule has 6 nitrogen and oxygen atoms in total. The summed E-state index contributed by atoms with van der Waals surface area (Å²) >= 11 is 0. The first-order valence-electron chi connectivity index (χ1n) is 8.79. The number of phenols is 1. The Bertz CT molecular complexity index is 878. The number of hydrogen-bond acceptors (Lipinski definition) is 5. The number of hydrogen-bond donors (Lipinski definition) is 2.